The average molecular weight is 883 g/mol. The standard InChI is InChI=1S/C58H57F3N4O/c1-35(2)47-27-39(56-49(60)30-41(59)31-50(56)61)28-48(36(3)4)57(47)64-34-63(52-19-13-14-20-53(52)64)42-25-38(37-15-9-8-10-16-37)26-44(32-42)66-43-21-22-46-45-17-11-12-18-51(45)65(54(46)33-43)55-29-40(23-24-62-55)58(5,6)7/h11-14,17-33,35-37H,8-10,15-16,34H2,1-7H3. The molecule has 0 bridgehead atoms. The molecule has 1 aliphatic carbocycles. The lowest BCUT2D eigenvalue weighted by Gasteiger charge is -2.30. The number of nitrogens with zero attached hydrogens (tertiary/aromatic N) is 4. The van der Waals surface area contributed by atoms with Gasteiger partial charge < -0.3 is 14.5 Å². The van der Waals surface area contributed by atoms with Crippen LogP contribution in [0.15, 0.2) is 128 Å². The Bertz CT molecular complexity index is 3090. The van der Waals surface area contributed by atoms with Crippen LogP contribution in [0.1, 0.15) is 121 Å². The minimum absolute atomic E-state index is 0.00844. The van der Waals surface area contributed by atoms with Gasteiger partial charge in [-0.05, 0) is 131 Å². The van der Waals surface area contributed by atoms with Crippen LogP contribution in [-0.2, 0) is 5.41 Å². The van der Waals surface area contributed by atoms with E-state index in [1.807, 2.05) is 18.3 Å². The summed E-state index contributed by atoms with van der Waals surface area (Å²) in [4.78, 5) is 9.62. The van der Waals surface area contributed by atoms with Gasteiger partial charge in [-0.15, -0.1) is 0 Å². The van der Waals surface area contributed by atoms with Crippen molar-refractivity contribution in [2.24, 2.45) is 0 Å². The molecule has 8 aromatic rings. The third-order valence-corrected chi connectivity index (χ3v) is 13.7. The van der Waals surface area contributed by atoms with Crippen molar-refractivity contribution in [1.29, 1.82) is 0 Å². The van der Waals surface area contributed by atoms with Crippen LogP contribution in [-0.4, -0.2) is 16.2 Å². The van der Waals surface area contributed by atoms with Crippen molar-refractivity contribution in [1.82, 2.24) is 9.55 Å². The number of halogens is 3. The Kier molecular flexibility index (Phi) is 11.2. The summed E-state index contributed by atoms with van der Waals surface area (Å²) in [7, 11) is 0. The summed E-state index contributed by atoms with van der Waals surface area (Å²) < 4.78 is 54.1. The van der Waals surface area contributed by atoms with E-state index in [1.165, 1.54) is 30.4 Å². The predicted octanol–water partition coefficient (Wildman–Crippen LogP) is 16.9. The first kappa shape index (κ1) is 43.4. The highest BCUT2D eigenvalue weighted by Crippen LogP contribution is 2.51. The van der Waals surface area contributed by atoms with E-state index in [9.17, 15) is 4.39 Å². The molecule has 0 unspecified atom stereocenters. The fraction of sp³-hybridized carbons (Fsp3) is 0.293. The summed E-state index contributed by atoms with van der Waals surface area (Å²) in [6.45, 7) is 15.6. The van der Waals surface area contributed by atoms with E-state index in [2.05, 4.69) is 160 Å². The summed E-state index contributed by atoms with van der Waals surface area (Å²) in [5, 5.41) is 2.29. The van der Waals surface area contributed by atoms with Crippen molar-refractivity contribution in [3.63, 3.8) is 0 Å². The van der Waals surface area contributed by atoms with Gasteiger partial charge in [0, 0.05) is 52.6 Å². The average Bonchev–Trinajstić information content (AvgIpc) is 3.84. The minimum Gasteiger partial charge on any atom is -0.457 e. The molecule has 1 saturated carbocycles. The van der Waals surface area contributed by atoms with Crippen LogP contribution in [0.25, 0.3) is 38.8 Å². The quantitative estimate of drug-likeness (QED) is 0.145. The third-order valence-electron chi connectivity index (χ3n) is 13.7. The molecule has 0 N–H and O–H groups in total. The third kappa shape index (κ3) is 7.88. The topological polar surface area (TPSA) is 33.5 Å². The van der Waals surface area contributed by atoms with Gasteiger partial charge in [-0.1, -0.05) is 98.1 Å². The largest absolute Gasteiger partial charge is 0.457 e. The molecule has 1 fully saturated rings. The monoisotopic (exact) mass is 882 g/mol. The first-order chi connectivity index (χ1) is 31.7. The molecule has 2 aliphatic rings. The van der Waals surface area contributed by atoms with Gasteiger partial charge in [-0.2, -0.15) is 0 Å². The molecule has 6 aromatic carbocycles. The molecule has 5 nitrogen and oxygen atoms in total. The van der Waals surface area contributed by atoms with Crippen LogP contribution in [0.4, 0.5) is 35.9 Å². The summed E-state index contributed by atoms with van der Waals surface area (Å²) >= 11 is 0. The van der Waals surface area contributed by atoms with Gasteiger partial charge in [0.2, 0.25) is 0 Å². The van der Waals surface area contributed by atoms with Crippen molar-refractivity contribution in [3.8, 4) is 28.4 Å². The number of benzene rings is 6. The van der Waals surface area contributed by atoms with Crippen LogP contribution < -0.4 is 14.5 Å². The van der Waals surface area contributed by atoms with Crippen LogP contribution in [0.5, 0.6) is 11.5 Å². The van der Waals surface area contributed by atoms with E-state index in [4.69, 9.17) is 9.72 Å². The number of pyridine rings is 1. The second-order valence-electron chi connectivity index (χ2n) is 19.9. The second kappa shape index (κ2) is 17.0. The molecule has 0 atom stereocenters. The Labute approximate surface area is 386 Å². The fourth-order valence-corrected chi connectivity index (χ4v) is 10.4. The fourth-order valence-electron chi connectivity index (χ4n) is 10.4. The number of hydrogen-bond donors (Lipinski definition) is 0. The van der Waals surface area contributed by atoms with Crippen LogP contribution in [0, 0.1) is 17.5 Å². The van der Waals surface area contributed by atoms with E-state index in [1.54, 1.807) is 0 Å². The van der Waals surface area contributed by atoms with E-state index >= 15 is 8.78 Å². The maximum atomic E-state index is 15.4. The maximum absolute atomic E-state index is 15.4. The Hall–Kier alpha value is -6.54. The number of aromatic nitrogens is 2. The summed E-state index contributed by atoms with van der Waals surface area (Å²) in [5.41, 5.74) is 10.8. The number of para-hydroxylation sites is 3. The zero-order valence-corrected chi connectivity index (χ0v) is 38.9. The highest BCUT2D eigenvalue weighted by Gasteiger charge is 2.33. The number of ether oxygens (including phenoxy) is 1. The minimum atomic E-state index is -0.936. The second-order valence-corrected chi connectivity index (χ2v) is 19.9. The molecule has 0 amide bonds. The molecule has 1 aliphatic heterocycles. The smallest absolute Gasteiger partial charge is 0.137 e. The predicted molar refractivity (Wildman–Crippen MR) is 265 cm³/mol. The summed E-state index contributed by atoms with van der Waals surface area (Å²) in [5.74, 6) is 0.0587. The van der Waals surface area contributed by atoms with Gasteiger partial charge in [0.05, 0.1) is 28.0 Å². The van der Waals surface area contributed by atoms with E-state index in [0.29, 0.717) is 18.2 Å². The molecule has 2 aromatic heterocycles. The number of rotatable bonds is 9. The Morgan fingerprint density at radius 2 is 1.29 bits per heavy atom. The SMILES string of the molecule is CC(C)c1cc(-c2c(F)cc(F)cc2F)cc(C(C)C)c1N1CN(c2cc(Oc3ccc4c5ccccc5n(-c5cc(C(C)(C)C)ccn5)c4c3)cc(C3CCCCC3)c2)c2ccccc21. The van der Waals surface area contributed by atoms with Crippen molar-refractivity contribution < 1.29 is 17.9 Å². The van der Waals surface area contributed by atoms with E-state index in [0.717, 1.165) is 98.0 Å². The van der Waals surface area contributed by atoms with Crippen molar-refractivity contribution in [2.45, 2.75) is 104 Å². The van der Waals surface area contributed by atoms with Gasteiger partial charge in [0.1, 0.15) is 41.4 Å². The van der Waals surface area contributed by atoms with E-state index in [-0.39, 0.29) is 22.8 Å². The first-order valence-corrected chi connectivity index (χ1v) is 23.5. The molecule has 3 heterocycles. The first-order valence-electron chi connectivity index (χ1n) is 23.5. The molecule has 66 heavy (non-hydrogen) atoms. The Morgan fingerprint density at radius 3 is 1.97 bits per heavy atom. The molecular weight excluding hydrogens is 826 g/mol. The highest BCUT2D eigenvalue weighted by atomic mass is 19.1. The van der Waals surface area contributed by atoms with Crippen molar-refractivity contribution in [3.05, 3.63) is 167 Å². The molecule has 0 saturated heterocycles. The van der Waals surface area contributed by atoms with Gasteiger partial charge in [0.25, 0.3) is 0 Å². The van der Waals surface area contributed by atoms with Crippen molar-refractivity contribution in [2.75, 3.05) is 16.5 Å². The van der Waals surface area contributed by atoms with Crippen molar-refractivity contribution >= 4 is 44.6 Å². The lowest BCUT2D eigenvalue weighted by atomic mass is 9.84. The normalized spacial score (nSPS) is 14.6. The Morgan fingerprint density at radius 1 is 0.636 bits per heavy atom. The van der Waals surface area contributed by atoms with Gasteiger partial charge >= 0.3 is 0 Å². The van der Waals surface area contributed by atoms with E-state index < -0.39 is 17.5 Å². The zero-order valence-electron chi connectivity index (χ0n) is 38.9. The summed E-state index contributed by atoms with van der Waals surface area (Å²) in [6.07, 6.45) is 7.84. The van der Waals surface area contributed by atoms with Gasteiger partial charge in [0.15, 0.2) is 0 Å². The zero-order chi connectivity index (χ0) is 46.0. The molecule has 8 heteroatoms. The lowest BCUT2D eigenvalue weighted by Crippen LogP contribution is -2.26. The number of anilines is 4. The molecule has 336 valence electrons. The molecule has 0 spiro atoms. The van der Waals surface area contributed by atoms with Gasteiger partial charge in [-0.25, -0.2) is 18.2 Å². The van der Waals surface area contributed by atoms with Gasteiger partial charge in [-0.3, -0.25) is 4.57 Å². The lowest BCUT2D eigenvalue weighted by molar-refractivity contribution is 0.439. The summed E-state index contributed by atoms with van der Waals surface area (Å²) in [6, 6.07) is 39.7. The number of fused-ring (bicyclic) bond motifs is 4. The molecular formula is C58H57F3N4O. The highest BCUT2D eigenvalue weighted by molar-refractivity contribution is 6.09. The number of hydrogen-bond acceptors (Lipinski definition) is 4. The van der Waals surface area contributed by atoms with Crippen LogP contribution in [0.3, 0.4) is 0 Å². The molecule has 0 radical (unpaired) electrons. The maximum Gasteiger partial charge on any atom is 0.137 e. The van der Waals surface area contributed by atoms with Crippen LogP contribution >= 0.6 is 0 Å². The Balaban J connectivity index is 1.08. The molecule has 10 rings (SSSR count). The van der Waals surface area contributed by atoms with Crippen LogP contribution in [0.2, 0.25) is 0 Å².